The van der Waals surface area contributed by atoms with Gasteiger partial charge in [-0.3, -0.25) is 0 Å². The summed E-state index contributed by atoms with van der Waals surface area (Å²) in [5, 5.41) is 3.69. The molecular weight excluding hydrogens is 250 g/mol. The number of ether oxygens (including phenoxy) is 2. The first kappa shape index (κ1) is 15.3. The van der Waals surface area contributed by atoms with Gasteiger partial charge in [0, 0.05) is 24.1 Å². The summed E-state index contributed by atoms with van der Waals surface area (Å²) in [4.78, 5) is 0. The van der Waals surface area contributed by atoms with Crippen molar-refractivity contribution in [2.45, 2.75) is 39.2 Å². The van der Waals surface area contributed by atoms with Gasteiger partial charge in [-0.2, -0.15) is 0 Å². The Hall–Kier alpha value is -1.06. The van der Waals surface area contributed by atoms with Crippen LogP contribution >= 0.6 is 0 Å². The molecular formula is C17H27NO2. The predicted molar refractivity (Wildman–Crippen MR) is 82.3 cm³/mol. The first-order valence-electron chi connectivity index (χ1n) is 7.72. The molecule has 1 saturated heterocycles. The summed E-state index contributed by atoms with van der Waals surface area (Å²) in [5.41, 5.74) is 2.50. The highest BCUT2D eigenvalue weighted by Gasteiger charge is 2.27. The number of aryl methyl sites for hydroxylation is 1. The van der Waals surface area contributed by atoms with E-state index in [0.717, 1.165) is 38.3 Å². The van der Waals surface area contributed by atoms with Crippen molar-refractivity contribution in [2.75, 3.05) is 26.9 Å². The monoisotopic (exact) mass is 277 g/mol. The normalized spacial score (nSPS) is 20.6. The molecule has 1 aromatic rings. The molecule has 1 N–H and O–H groups in total. The molecule has 1 aliphatic heterocycles. The zero-order valence-corrected chi connectivity index (χ0v) is 12.9. The second-order valence-electron chi connectivity index (χ2n) is 5.65. The summed E-state index contributed by atoms with van der Waals surface area (Å²) < 4.78 is 11.3. The van der Waals surface area contributed by atoms with E-state index in [9.17, 15) is 0 Å². The zero-order valence-electron chi connectivity index (χ0n) is 12.9. The second-order valence-corrected chi connectivity index (χ2v) is 5.65. The number of hydrogen-bond donors (Lipinski definition) is 1. The molecule has 0 bridgehead atoms. The first-order valence-corrected chi connectivity index (χ1v) is 7.72. The van der Waals surface area contributed by atoms with Gasteiger partial charge in [0.1, 0.15) is 5.75 Å². The van der Waals surface area contributed by atoms with Crippen molar-refractivity contribution in [1.29, 1.82) is 0 Å². The van der Waals surface area contributed by atoms with Crippen LogP contribution in [0, 0.1) is 12.8 Å². The minimum atomic E-state index is 0.325. The molecule has 112 valence electrons. The molecule has 1 aromatic carbocycles. The average Bonchev–Trinajstić information content (AvgIpc) is 2.49. The Morgan fingerprint density at radius 3 is 2.95 bits per heavy atom. The van der Waals surface area contributed by atoms with Crippen molar-refractivity contribution in [3.63, 3.8) is 0 Å². The van der Waals surface area contributed by atoms with Gasteiger partial charge in [-0.15, -0.1) is 0 Å². The van der Waals surface area contributed by atoms with Gasteiger partial charge in [-0.25, -0.2) is 0 Å². The van der Waals surface area contributed by atoms with Crippen molar-refractivity contribution in [2.24, 2.45) is 5.92 Å². The molecule has 0 spiro atoms. The van der Waals surface area contributed by atoms with Crippen molar-refractivity contribution >= 4 is 0 Å². The standard InChI is InChI=1S/C17H27NO2/c1-4-9-18-17(14-6-5-10-20-12-14)15-8-7-13(2)11-16(15)19-3/h7-8,11,14,17-18H,4-6,9-10,12H2,1-3H3. The third-order valence-electron chi connectivity index (χ3n) is 4.01. The fourth-order valence-electron chi connectivity index (χ4n) is 2.93. The number of benzene rings is 1. The summed E-state index contributed by atoms with van der Waals surface area (Å²) in [5.74, 6) is 1.52. The number of methoxy groups -OCH3 is 1. The fraction of sp³-hybridized carbons (Fsp3) is 0.647. The maximum atomic E-state index is 5.68. The molecule has 1 aliphatic rings. The lowest BCUT2D eigenvalue weighted by Crippen LogP contribution is -2.34. The van der Waals surface area contributed by atoms with Crippen LogP contribution in [0.15, 0.2) is 18.2 Å². The summed E-state index contributed by atoms with van der Waals surface area (Å²) in [7, 11) is 1.76. The van der Waals surface area contributed by atoms with E-state index in [-0.39, 0.29) is 0 Å². The summed E-state index contributed by atoms with van der Waals surface area (Å²) in [6, 6.07) is 6.82. The molecule has 20 heavy (non-hydrogen) atoms. The van der Waals surface area contributed by atoms with Crippen LogP contribution in [0.2, 0.25) is 0 Å². The Balaban J connectivity index is 2.24. The molecule has 0 aromatic heterocycles. The van der Waals surface area contributed by atoms with Gasteiger partial charge in [0.2, 0.25) is 0 Å². The molecule has 3 nitrogen and oxygen atoms in total. The van der Waals surface area contributed by atoms with Crippen molar-refractivity contribution < 1.29 is 9.47 Å². The molecule has 0 amide bonds. The molecule has 0 aliphatic carbocycles. The lowest BCUT2D eigenvalue weighted by atomic mass is 9.87. The maximum absolute atomic E-state index is 5.68. The van der Waals surface area contributed by atoms with Crippen molar-refractivity contribution in [1.82, 2.24) is 5.32 Å². The van der Waals surface area contributed by atoms with E-state index in [4.69, 9.17) is 9.47 Å². The van der Waals surface area contributed by atoms with E-state index in [2.05, 4.69) is 37.4 Å². The summed E-state index contributed by atoms with van der Waals surface area (Å²) in [6.45, 7) is 7.08. The molecule has 0 saturated carbocycles. The molecule has 2 atom stereocenters. The Morgan fingerprint density at radius 1 is 1.45 bits per heavy atom. The predicted octanol–water partition coefficient (Wildman–Crippen LogP) is 3.47. The number of rotatable bonds is 6. The van der Waals surface area contributed by atoms with Gasteiger partial charge in [0.15, 0.2) is 0 Å². The van der Waals surface area contributed by atoms with E-state index in [1.807, 2.05) is 0 Å². The van der Waals surface area contributed by atoms with Gasteiger partial charge in [-0.1, -0.05) is 19.1 Å². The molecule has 2 unspecified atom stereocenters. The van der Waals surface area contributed by atoms with Crippen LogP contribution in [0.3, 0.4) is 0 Å². The maximum Gasteiger partial charge on any atom is 0.123 e. The van der Waals surface area contributed by atoms with Crippen LogP contribution in [0.1, 0.15) is 43.4 Å². The smallest absolute Gasteiger partial charge is 0.123 e. The minimum absolute atomic E-state index is 0.325. The second kappa shape index (κ2) is 7.65. The Morgan fingerprint density at radius 2 is 2.30 bits per heavy atom. The third-order valence-corrected chi connectivity index (χ3v) is 4.01. The Bertz CT molecular complexity index is 413. The van der Waals surface area contributed by atoms with E-state index in [1.165, 1.54) is 17.5 Å². The number of hydrogen-bond acceptors (Lipinski definition) is 3. The van der Waals surface area contributed by atoms with Gasteiger partial charge in [0.25, 0.3) is 0 Å². The largest absolute Gasteiger partial charge is 0.496 e. The van der Waals surface area contributed by atoms with Gasteiger partial charge >= 0.3 is 0 Å². The summed E-state index contributed by atoms with van der Waals surface area (Å²) >= 11 is 0. The first-order chi connectivity index (χ1) is 9.76. The fourth-order valence-corrected chi connectivity index (χ4v) is 2.93. The molecule has 1 heterocycles. The van der Waals surface area contributed by atoms with Gasteiger partial charge in [-0.05, 0) is 44.4 Å². The molecule has 1 fully saturated rings. The molecule has 2 rings (SSSR count). The highest BCUT2D eigenvalue weighted by atomic mass is 16.5. The van der Waals surface area contributed by atoms with Crippen LogP contribution in [0.4, 0.5) is 0 Å². The van der Waals surface area contributed by atoms with Crippen LogP contribution in [0.5, 0.6) is 5.75 Å². The van der Waals surface area contributed by atoms with Crippen molar-refractivity contribution in [3.05, 3.63) is 29.3 Å². The highest BCUT2D eigenvalue weighted by molar-refractivity contribution is 5.39. The third kappa shape index (κ3) is 3.74. The lowest BCUT2D eigenvalue weighted by molar-refractivity contribution is 0.0387. The minimum Gasteiger partial charge on any atom is -0.496 e. The zero-order chi connectivity index (χ0) is 14.4. The lowest BCUT2D eigenvalue weighted by Gasteiger charge is -2.32. The Labute approximate surface area is 122 Å². The quantitative estimate of drug-likeness (QED) is 0.863. The number of nitrogens with one attached hydrogen (secondary N) is 1. The SMILES string of the molecule is CCCNC(c1ccc(C)cc1OC)C1CCCOC1. The molecule has 3 heteroatoms. The van der Waals surface area contributed by atoms with E-state index in [0.29, 0.717) is 12.0 Å². The van der Waals surface area contributed by atoms with E-state index < -0.39 is 0 Å². The Kier molecular flexibility index (Phi) is 5.86. The average molecular weight is 277 g/mol. The van der Waals surface area contributed by atoms with Crippen LogP contribution < -0.4 is 10.1 Å². The van der Waals surface area contributed by atoms with Crippen LogP contribution in [-0.4, -0.2) is 26.9 Å². The van der Waals surface area contributed by atoms with E-state index >= 15 is 0 Å². The highest BCUT2D eigenvalue weighted by Crippen LogP contribution is 2.34. The van der Waals surface area contributed by atoms with Crippen LogP contribution in [0.25, 0.3) is 0 Å². The van der Waals surface area contributed by atoms with Gasteiger partial charge < -0.3 is 14.8 Å². The summed E-state index contributed by atoms with van der Waals surface area (Å²) in [6.07, 6.45) is 3.51. The topological polar surface area (TPSA) is 30.5 Å². The van der Waals surface area contributed by atoms with Crippen LogP contribution in [-0.2, 0) is 4.74 Å². The van der Waals surface area contributed by atoms with Crippen molar-refractivity contribution in [3.8, 4) is 5.75 Å². The van der Waals surface area contributed by atoms with E-state index in [1.54, 1.807) is 7.11 Å². The van der Waals surface area contributed by atoms with Gasteiger partial charge in [0.05, 0.1) is 13.7 Å². The molecule has 0 radical (unpaired) electrons.